The Morgan fingerprint density at radius 3 is 2.19 bits per heavy atom. The van der Waals surface area contributed by atoms with E-state index in [9.17, 15) is 19.2 Å². The number of fused-ring (bicyclic) bond motifs is 1. The topological polar surface area (TPSA) is 150 Å². The molecule has 312 valence electrons. The highest BCUT2D eigenvalue weighted by Crippen LogP contribution is 2.38. The first-order chi connectivity index (χ1) is 28.1. The van der Waals surface area contributed by atoms with E-state index in [0.717, 1.165) is 24.0 Å². The molecule has 5 rings (SSSR count). The molecule has 59 heavy (non-hydrogen) atoms. The zero-order chi connectivity index (χ0) is 42.9. The second kappa shape index (κ2) is 19.7. The van der Waals surface area contributed by atoms with Crippen molar-refractivity contribution < 1.29 is 28.6 Å². The van der Waals surface area contributed by atoms with E-state index in [4.69, 9.17) is 25.8 Å². The number of aryl methyl sites for hydroxylation is 1. The third kappa shape index (κ3) is 11.6. The van der Waals surface area contributed by atoms with Crippen LogP contribution >= 0.6 is 11.6 Å². The summed E-state index contributed by atoms with van der Waals surface area (Å²) in [6.45, 7) is 16.3. The van der Waals surface area contributed by atoms with E-state index < -0.39 is 29.3 Å². The Morgan fingerprint density at radius 2 is 1.53 bits per heavy atom. The summed E-state index contributed by atoms with van der Waals surface area (Å²) in [5, 5.41) is 9.99. The van der Waals surface area contributed by atoms with Crippen LogP contribution < -0.4 is 26.2 Å². The molecule has 0 saturated carbocycles. The van der Waals surface area contributed by atoms with Crippen molar-refractivity contribution in [3.8, 4) is 16.9 Å². The predicted molar refractivity (Wildman–Crippen MR) is 235 cm³/mol. The van der Waals surface area contributed by atoms with Gasteiger partial charge in [0.05, 0.1) is 18.8 Å². The summed E-state index contributed by atoms with van der Waals surface area (Å²) < 4.78 is 18.6. The van der Waals surface area contributed by atoms with Crippen molar-refractivity contribution in [1.29, 1.82) is 0 Å². The van der Waals surface area contributed by atoms with Crippen molar-refractivity contribution >= 4 is 57.8 Å². The molecule has 2 heterocycles. The molecule has 5 aromatic rings. The first-order valence-corrected chi connectivity index (χ1v) is 20.4. The Hall–Kier alpha value is -5.88. The first-order valence-electron chi connectivity index (χ1n) is 20.0. The number of rotatable bonds is 15. The molecular formula is C46H54ClN5O7. The number of hydrogen-bond donors (Lipinski definition) is 3. The van der Waals surface area contributed by atoms with Gasteiger partial charge in [-0.25, -0.2) is 19.4 Å². The van der Waals surface area contributed by atoms with Crippen molar-refractivity contribution in [1.82, 2.24) is 9.55 Å². The number of carbonyl (C=O) groups is 3. The van der Waals surface area contributed by atoms with Gasteiger partial charge in [0.1, 0.15) is 22.7 Å². The van der Waals surface area contributed by atoms with Gasteiger partial charge in [0.25, 0.3) is 5.56 Å². The highest BCUT2D eigenvalue weighted by Gasteiger charge is 2.24. The molecule has 0 atom stereocenters. The Kier molecular flexibility index (Phi) is 14.8. The first kappa shape index (κ1) is 44.2. The molecule has 0 radical (unpaired) electrons. The molecule has 12 nitrogen and oxygen atoms in total. The summed E-state index contributed by atoms with van der Waals surface area (Å²) in [5.74, 6) is -0.0423. The standard InChI is InChI=1S/C46H54ClN5O7/c1-9-10-21-52-41-35(19-13-20-48-41)38(30-15-12-18-34(25-30)57-22-14-23-58-43(54)31-16-11-17-32(47)24-31)40(42(52)53)51-44(55)50-39-36(28(2)3)26-33(27-37(39)29(4)5)49-45(56)59-46(6,7)8/h11-13,15-20,24-29H,9-10,14,21-23H2,1-8H3,(H,49,56)(H2,50,51,55). The van der Waals surface area contributed by atoms with Crippen LogP contribution in [-0.2, 0) is 16.0 Å². The summed E-state index contributed by atoms with van der Waals surface area (Å²) in [7, 11) is 0. The fraction of sp³-hybridized carbons (Fsp3) is 0.370. The van der Waals surface area contributed by atoms with Gasteiger partial charge < -0.3 is 24.8 Å². The highest BCUT2D eigenvalue weighted by atomic mass is 35.5. The number of pyridine rings is 2. The Labute approximate surface area is 350 Å². The van der Waals surface area contributed by atoms with E-state index in [-0.39, 0.29) is 30.7 Å². The lowest BCUT2D eigenvalue weighted by atomic mass is 9.91. The maximum absolute atomic E-state index is 14.5. The van der Waals surface area contributed by atoms with Crippen LogP contribution in [0.4, 0.5) is 26.7 Å². The average molecular weight is 824 g/mol. The van der Waals surface area contributed by atoms with Crippen molar-refractivity contribution in [2.75, 3.05) is 29.2 Å². The minimum atomic E-state index is -0.677. The summed E-state index contributed by atoms with van der Waals surface area (Å²) in [5.41, 5.74) is 3.73. The Balaban J connectivity index is 1.46. The summed E-state index contributed by atoms with van der Waals surface area (Å²) in [4.78, 5) is 58.5. The summed E-state index contributed by atoms with van der Waals surface area (Å²) in [6, 6.07) is 20.6. The number of nitrogens with zero attached hydrogens (tertiary/aromatic N) is 2. The van der Waals surface area contributed by atoms with Gasteiger partial charge in [-0.05, 0) is 110 Å². The monoisotopic (exact) mass is 823 g/mol. The van der Waals surface area contributed by atoms with E-state index in [1.807, 2.05) is 71.0 Å². The number of ether oxygens (including phenoxy) is 3. The lowest BCUT2D eigenvalue weighted by Crippen LogP contribution is -2.30. The van der Waals surface area contributed by atoms with Gasteiger partial charge in [0, 0.05) is 46.5 Å². The fourth-order valence-electron chi connectivity index (χ4n) is 6.57. The molecule has 13 heteroatoms. The zero-order valence-electron chi connectivity index (χ0n) is 35.0. The van der Waals surface area contributed by atoms with Gasteiger partial charge in [0.15, 0.2) is 0 Å². The molecule has 0 saturated heterocycles. The summed E-state index contributed by atoms with van der Waals surface area (Å²) in [6.07, 6.45) is 3.07. The predicted octanol–water partition coefficient (Wildman–Crippen LogP) is 11.4. The van der Waals surface area contributed by atoms with Gasteiger partial charge in [-0.1, -0.05) is 70.8 Å². The Bertz CT molecular complexity index is 2340. The third-order valence-corrected chi connectivity index (χ3v) is 9.53. The molecular weight excluding hydrogens is 770 g/mol. The third-order valence-electron chi connectivity index (χ3n) is 9.30. The van der Waals surface area contributed by atoms with Gasteiger partial charge in [-0.3, -0.25) is 14.7 Å². The van der Waals surface area contributed by atoms with Crippen LogP contribution in [0.3, 0.4) is 0 Å². The smallest absolute Gasteiger partial charge is 0.412 e. The van der Waals surface area contributed by atoms with E-state index in [1.165, 1.54) is 0 Å². The van der Waals surface area contributed by atoms with Crippen molar-refractivity contribution in [3.63, 3.8) is 0 Å². The van der Waals surface area contributed by atoms with Crippen molar-refractivity contribution in [2.45, 2.75) is 98.6 Å². The van der Waals surface area contributed by atoms with Crippen molar-refractivity contribution in [3.05, 3.63) is 111 Å². The van der Waals surface area contributed by atoms with Crippen LogP contribution in [0.5, 0.6) is 5.75 Å². The minimum Gasteiger partial charge on any atom is -0.493 e. The molecule has 3 aromatic carbocycles. The molecule has 0 fully saturated rings. The maximum Gasteiger partial charge on any atom is 0.412 e. The second-order valence-corrected chi connectivity index (χ2v) is 16.3. The van der Waals surface area contributed by atoms with Crippen LogP contribution in [0.25, 0.3) is 22.2 Å². The molecule has 0 aliphatic carbocycles. The number of halogens is 1. The molecule has 3 amide bonds. The van der Waals surface area contributed by atoms with Gasteiger partial charge in [-0.15, -0.1) is 0 Å². The van der Waals surface area contributed by atoms with Crippen LogP contribution in [0.2, 0.25) is 5.02 Å². The van der Waals surface area contributed by atoms with Gasteiger partial charge >= 0.3 is 18.1 Å². The number of carbonyl (C=O) groups excluding carboxylic acids is 3. The van der Waals surface area contributed by atoms with E-state index in [1.54, 1.807) is 67.9 Å². The molecule has 0 bridgehead atoms. The number of hydrogen-bond acceptors (Lipinski definition) is 8. The lowest BCUT2D eigenvalue weighted by Gasteiger charge is -2.24. The molecule has 0 aliphatic heterocycles. The van der Waals surface area contributed by atoms with E-state index >= 15 is 0 Å². The highest BCUT2D eigenvalue weighted by molar-refractivity contribution is 6.30. The number of amides is 3. The number of unbranched alkanes of at least 4 members (excludes halogenated alkanes) is 1. The normalized spacial score (nSPS) is 11.4. The maximum atomic E-state index is 14.5. The van der Waals surface area contributed by atoms with Gasteiger partial charge in [-0.2, -0.15) is 0 Å². The molecule has 0 unspecified atom stereocenters. The molecule has 0 aliphatic rings. The van der Waals surface area contributed by atoms with Crippen LogP contribution in [-0.4, -0.2) is 46.5 Å². The molecule has 3 N–H and O–H groups in total. The Morgan fingerprint density at radius 1 is 0.831 bits per heavy atom. The molecule has 0 spiro atoms. The van der Waals surface area contributed by atoms with E-state index in [2.05, 4.69) is 20.9 Å². The van der Waals surface area contributed by atoms with Crippen LogP contribution in [0, 0.1) is 0 Å². The number of urea groups is 1. The fourth-order valence-corrected chi connectivity index (χ4v) is 6.76. The van der Waals surface area contributed by atoms with Crippen molar-refractivity contribution in [2.24, 2.45) is 0 Å². The molecule has 2 aromatic heterocycles. The number of benzene rings is 3. The average Bonchev–Trinajstić information content (AvgIpc) is 3.17. The summed E-state index contributed by atoms with van der Waals surface area (Å²) >= 11 is 6.01. The second-order valence-electron chi connectivity index (χ2n) is 15.9. The largest absolute Gasteiger partial charge is 0.493 e. The SMILES string of the molecule is CCCCn1c(=O)c(NC(=O)Nc2c(C(C)C)cc(NC(=O)OC(C)(C)C)cc2C(C)C)c(-c2cccc(OCCCOC(=O)c3cccc(Cl)c3)c2)c2cccnc21. The number of nitrogens with one attached hydrogen (secondary N) is 3. The zero-order valence-corrected chi connectivity index (χ0v) is 35.8. The van der Waals surface area contributed by atoms with E-state index in [0.29, 0.717) is 62.8 Å². The van der Waals surface area contributed by atoms with Crippen LogP contribution in [0.1, 0.15) is 108 Å². The van der Waals surface area contributed by atoms with Gasteiger partial charge in [0.2, 0.25) is 0 Å². The number of anilines is 3. The lowest BCUT2D eigenvalue weighted by molar-refractivity contribution is 0.0485. The number of aromatic nitrogens is 2. The number of esters is 1. The minimum absolute atomic E-state index is 0.0467. The van der Waals surface area contributed by atoms with Crippen LogP contribution in [0.15, 0.2) is 83.8 Å². The quantitative estimate of drug-likeness (QED) is 0.0697.